The molecule has 10 heteroatoms. The average Bonchev–Trinajstić information content (AvgIpc) is 2.68. The molecule has 1 atom stereocenters. The molecule has 0 aliphatic rings. The van der Waals surface area contributed by atoms with Gasteiger partial charge < -0.3 is 31.6 Å². The van der Waals surface area contributed by atoms with Crippen LogP contribution in [0.2, 0.25) is 0 Å². The second-order valence-electron chi connectivity index (χ2n) is 6.85. The largest absolute Gasteiger partial charge is 0.481 e. The van der Waals surface area contributed by atoms with Gasteiger partial charge in [-0.15, -0.1) is 0 Å². The lowest BCUT2D eigenvalue weighted by Gasteiger charge is -2.21. The topological polar surface area (TPSA) is 137 Å². The first kappa shape index (κ1) is 22.2. The maximum absolute atomic E-state index is 14.5. The predicted octanol–water partition coefficient (Wildman–Crippen LogP) is 2.26. The summed E-state index contributed by atoms with van der Waals surface area (Å²) in [6.07, 6.45) is 0.733. The third-order valence-corrected chi connectivity index (χ3v) is 4.08. The molecular weight excluding hydrogens is 379 g/mol. The minimum Gasteiger partial charge on any atom is -0.481 e. The number of anilines is 3. The number of nitrogens with two attached hydrogens (primary N) is 2. The van der Waals surface area contributed by atoms with Crippen molar-refractivity contribution in [1.29, 1.82) is 0 Å². The Morgan fingerprint density at radius 2 is 1.76 bits per heavy atom. The molecule has 0 aromatic carbocycles. The second-order valence-corrected chi connectivity index (χ2v) is 6.85. The van der Waals surface area contributed by atoms with Crippen LogP contribution in [-0.2, 0) is 0 Å². The van der Waals surface area contributed by atoms with Gasteiger partial charge in [-0.1, -0.05) is 13.8 Å². The highest BCUT2D eigenvalue weighted by Crippen LogP contribution is 2.28. The monoisotopic (exact) mass is 406 g/mol. The molecule has 2 rings (SSSR count). The zero-order valence-corrected chi connectivity index (χ0v) is 17.0. The molecule has 0 bridgehead atoms. The molecule has 158 valence electrons. The Morgan fingerprint density at radius 3 is 2.24 bits per heavy atom. The summed E-state index contributed by atoms with van der Waals surface area (Å²) in [5.41, 5.74) is 11.6. The third-order valence-electron chi connectivity index (χ3n) is 4.08. The van der Waals surface area contributed by atoms with Crippen LogP contribution < -0.4 is 31.6 Å². The molecule has 29 heavy (non-hydrogen) atoms. The lowest BCUT2D eigenvalue weighted by molar-refractivity contribution is 0.100. The first-order valence-corrected chi connectivity index (χ1v) is 9.11. The fourth-order valence-corrected chi connectivity index (χ4v) is 2.75. The van der Waals surface area contributed by atoms with Crippen LogP contribution in [0.15, 0.2) is 18.2 Å². The van der Waals surface area contributed by atoms with E-state index in [1.54, 1.807) is 12.1 Å². The van der Waals surface area contributed by atoms with Crippen LogP contribution in [0.5, 0.6) is 11.8 Å². The number of hydrogen-bond donors (Lipinski definition) is 4. The summed E-state index contributed by atoms with van der Waals surface area (Å²) < 4.78 is 24.8. The van der Waals surface area contributed by atoms with Crippen molar-refractivity contribution in [1.82, 2.24) is 9.97 Å². The van der Waals surface area contributed by atoms with Crippen LogP contribution in [0.25, 0.3) is 0 Å². The highest BCUT2D eigenvalue weighted by atomic mass is 19.1. The summed E-state index contributed by atoms with van der Waals surface area (Å²) in [6, 6.07) is 4.02. The van der Waals surface area contributed by atoms with Crippen molar-refractivity contribution < 1.29 is 18.7 Å². The number of nitrogens with one attached hydrogen (secondary N) is 2. The zero-order chi connectivity index (χ0) is 21.6. The molecule has 0 fully saturated rings. The molecule has 9 nitrogen and oxygen atoms in total. The second kappa shape index (κ2) is 9.87. The molecule has 6 N–H and O–H groups in total. The highest BCUT2D eigenvalue weighted by Gasteiger charge is 2.19. The van der Waals surface area contributed by atoms with Crippen molar-refractivity contribution in [2.45, 2.75) is 26.3 Å². The van der Waals surface area contributed by atoms with Gasteiger partial charge in [0.1, 0.15) is 5.82 Å². The van der Waals surface area contributed by atoms with Gasteiger partial charge in [-0.25, -0.2) is 9.37 Å². The van der Waals surface area contributed by atoms with Gasteiger partial charge in [-0.3, -0.25) is 4.79 Å². The summed E-state index contributed by atoms with van der Waals surface area (Å²) >= 11 is 0. The van der Waals surface area contributed by atoms with Gasteiger partial charge in [-0.2, -0.15) is 4.98 Å². The number of rotatable bonds is 10. The molecule has 2 heterocycles. The van der Waals surface area contributed by atoms with E-state index < -0.39 is 11.7 Å². The standard InChI is InChI=1S/C19H27FN6O3/c1-10(2)5-12(9-21)24-19-14(20)8-13(17(22)27)18(26-19)23-11-6-15(28-3)25-16(7-11)29-4/h6-8,10,12H,5,9,21H2,1-4H3,(H2,22,27)(H2,23,24,25,26). The molecule has 2 aromatic heterocycles. The van der Waals surface area contributed by atoms with Gasteiger partial charge in [-0.05, 0) is 18.4 Å². The van der Waals surface area contributed by atoms with E-state index in [1.165, 1.54) is 14.2 Å². The van der Waals surface area contributed by atoms with E-state index in [9.17, 15) is 9.18 Å². The Balaban J connectivity index is 2.43. The number of ether oxygens (including phenoxy) is 2. The number of amides is 1. The SMILES string of the molecule is COc1cc(Nc2nc(NC(CN)CC(C)C)c(F)cc2C(N)=O)cc(OC)n1. The van der Waals surface area contributed by atoms with Crippen LogP contribution in [0, 0.1) is 11.7 Å². The van der Waals surface area contributed by atoms with Crippen molar-refractivity contribution in [2.24, 2.45) is 17.4 Å². The molecule has 2 aromatic rings. The number of pyridine rings is 2. The number of carbonyl (C=O) groups excluding carboxylic acids is 1. The van der Waals surface area contributed by atoms with Crippen molar-refractivity contribution in [3.63, 3.8) is 0 Å². The molecule has 0 spiro atoms. The van der Waals surface area contributed by atoms with Gasteiger partial charge in [0.15, 0.2) is 11.6 Å². The van der Waals surface area contributed by atoms with Crippen LogP contribution in [0.3, 0.4) is 0 Å². The number of methoxy groups -OCH3 is 2. The molecule has 1 amide bonds. The fourth-order valence-electron chi connectivity index (χ4n) is 2.75. The highest BCUT2D eigenvalue weighted by molar-refractivity contribution is 5.98. The van der Waals surface area contributed by atoms with Gasteiger partial charge in [0.25, 0.3) is 5.91 Å². The minimum atomic E-state index is -0.823. The number of hydrogen-bond acceptors (Lipinski definition) is 8. The maximum Gasteiger partial charge on any atom is 0.252 e. The quantitative estimate of drug-likeness (QED) is 0.471. The molecule has 0 saturated carbocycles. The van der Waals surface area contributed by atoms with Crippen molar-refractivity contribution in [2.75, 3.05) is 31.4 Å². The molecule has 0 saturated heterocycles. The van der Waals surface area contributed by atoms with E-state index in [0.717, 1.165) is 12.5 Å². The molecular formula is C19H27FN6O3. The Hall–Kier alpha value is -3.14. The van der Waals surface area contributed by atoms with Gasteiger partial charge in [0.05, 0.1) is 25.5 Å². The van der Waals surface area contributed by atoms with E-state index in [2.05, 4.69) is 20.6 Å². The summed E-state index contributed by atoms with van der Waals surface area (Å²) in [6.45, 7) is 4.39. The number of primary amides is 1. The summed E-state index contributed by atoms with van der Waals surface area (Å²) in [5, 5.41) is 5.95. The first-order chi connectivity index (χ1) is 13.8. The maximum atomic E-state index is 14.5. The molecule has 0 aliphatic carbocycles. The van der Waals surface area contributed by atoms with Gasteiger partial charge in [0, 0.05) is 24.7 Å². The van der Waals surface area contributed by atoms with E-state index in [1.807, 2.05) is 13.8 Å². The van der Waals surface area contributed by atoms with E-state index in [-0.39, 0.29) is 35.0 Å². The van der Waals surface area contributed by atoms with Crippen LogP contribution >= 0.6 is 0 Å². The number of halogens is 1. The number of aromatic nitrogens is 2. The normalized spacial score (nSPS) is 11.8. The van der Waals surface area contributed by atoms with Crippen LogP contribution in [0.1, 0.15) is 30.6 Å². The smallest absolute Gasteiger partial charge is 0.252 e. The van der Waals surface area contributed by atoms with E-state index >= 15 is 0 Å². The summed E-state index contributed by atoms with van der Waals surface area (Å²) in [7, 11) is 2.92. The summed E-state index contributed by atoms with van der Waals surface area (Å²) in [5.74, 6) is -0.537. The Kier molecular flexibility index (Phi) is 7.54. The van der Waals surface area contributed by atoms with Crippen molar-refractivity contribution in [3.8, 4) is 11.8 Å². The first-order valence-electron chi connectivity index (χ1n) is 9.11. The van der Waals surface area contributed by atoms with Gasteiger partial charge >= 0.3 is 0 Å². The Morgan fingerprint density at radius 1 is 1.14 bits per heavy atom. The summed E-state index contributed by atoms with van der Waals surface area (Å²) in [4.78, 5) is 20.2. The van der Waals surface area contributed by atoms with Crippen LogP contribution in [0.4, 0.5) is 21.7 Å². The van der Waals surface area contributed by atoms with E-state index in [4.69, 9.17) is 20.9 Å². The molecule has 1 unspecified atom stereocenters. The number of nitrogens with zero attached hydrogens (tertiary/aromatic N) is 2. The minimum absolute atomic E-state index is 0.0263. The predicted molar refractivity (Wildman–Crippen MR) is 109 cm³/mol. The zero-order valence-electron chi connectivity index (χ0n) is 17.0. The third kappa shape index (κ3) is 5.92. The van der Waals surface area contributed by atoms with Crippen molar-refractivity contribution >= 4 is 23.2 Å². The molecule has 0 aliphatic heterocycles. The average molecular weight is 406 g/mol. The number of carbonyl (C=O) groups is 1. The lowest BCUT2D eigenvalue weighted by atomic mass is 10.0. The Labute approximate surface area is 169 Å². The Bertz CT molecular complexity index is 840. The van der Waals surface area contributed by atoms with Gasteiger partial charge in [0.2, 0.25) is 11.8 Å². The lowest BCUT2D eigenvalue weighted by Crippen LogP contribution is -2.31. The fraction of sp³-hybridized carbons (Fsp3) is 0.421. The van der Waals surface area contributed by atoms with Crippen molar-refractivity contribution in [3.05, 3.63) is 29.6 Å². The van der Waals surface area contributed by atoms with E-state index in [0.29, 0.717) is 18.2 Å². The molecule has 0 radical (unpaired) electrons. The van der Waals surface area contributed by atoms with Crippen LogP contribution in [-0.4, -0.2) is 42.7 Å².